The predicted octanol–water partition coefficient (Wildman–Crippen LogP) is 1.53. The number of hydrogen-bond donors (Lipinski definition) is 0. The highest BCUT2D eigenvalue weighted by Crippen LogP contribution is 2.36. The smallest absolute Gasteiger partial charge is 0.225 e. The summed E-state index contributed by atoms with van der Waals surface area (Å²) in [5, 5.41) is 0. The van der Waals surface area contributed by atoms with Crippen LogP contribution < -0.4 is 0 Å². The molecule has 15 heavy (non-hydrogen) atoms. The van der Waals surface area contributed by atoms with Crippen molar-refractivity contribution in [1.82, 2.24) is 4.90 Å². The van der Waals surface area contributed by atoms with Gasteiger partial charge < -0.3 is 9.64 Å². The summed E-state index contributed by atoms with van der Waals surface area (Å²) < 4.78 is 5.26. The molecule has 86 valence electrons. The van der Waals surface area contributed by atoms with Crippen molar-refractivity contribution in [1.29, 1.82) is 0 Å². The topological polar surface area (TPSA) is 29.5 Å². The fraction of sp³-hybridized carbons (Fsp3) is 0.917. The van der Waals surface area contributed by atoms with Crippen molar-refractivity contribution >= 4 is 5.91 Å². The average Bonchev–Trinajstić information content (AvgIpc) is 2.59. The fourth-order valence-electron chi connectivity index (χ4n) is 2.70. The van der Waals surface area contributed by atoms with Crippen molar-refractivity contribution in [2.45, 2.75) is 26.7 Å². The minimum absolute atomic E-state index is 0.285. The van der Waals surface area contributed by atoms with Gasteiger partial charge in [-0.15, -0.1) is 0 Å². The van der Waals surface area contributed by atoms with Gasteiger partial charge in [0, 0.05) is 19.0 Å². The first kappa shape index (κ1) is 10.9. The summed E-state index contributed by atoms with van der Waals surface area (Å²) in [5.74, 6) is 2.07. The molecule has 2 rings (SSSR count). The van der Waals surface area contributed by atoms with E-state index in [-0.39, 0.29) is 5.92 Å². The highest BCUT2D eigenvalue weighted by atomic mass is 16.5. The van der Waals surface area contributed by atoms with Crippen LogP contribution in [-0.4, -0.2) is 37.1 Å². The van der Waals surface area contributed by atoms with Crippen LogP contribution in [0.25, 0.3) is 0 Å². The van der Waals surface area contributed by atoms with E-state index in [1.807, 2.05) is 4.90 Å². The molecule has 1 amide bonds. The first-order chi connectivity index (χ1) is 7.18. The second-order valence-corrected chi connectivity index (χ2v) is 5.06. The molecule has 0 spiro atoms. The molecule has 1 aliphatic carbocycles. The van der Waals surface area contributed by atoms with Crippen molar-refractivity contribution in [3.05, 3.63) is 0 Å². The number of carbonyl (C=O) groups is 1. The summed E-state index contributed by atoms with van der Waals surface area (Å²) in [6, 6.07) is 0. The van der Waals surface area contributed by atoms with Gasteiger partial charge in [0.1, 0.15) is 0 Å². The minimum atomic E-state index is 0.285. The normalized spacial score (nSPS) is 36.9. The van der Waals surface area contributed by atoms with Gasteiger partial charge in [0.05, 0.1) is 13.2 Å². The van der Waals surface area contributed by atoms with Crippen LogP contribution in [-0.2, 0) is 9.53 Å². The van der Waals surface area contributed by atoms with E-state index in [1.54, 1.807) is 0 Å². The molecule has 2 fully saturated rings. The second-order valence-electron chi connectivity index (χ2n) is 5.06. The van der Waals surface area contributed by atoms with E-state index in [1.165, 1.54) is 0 Å². The number of amides is 1. The Morgan fingerprint density at radius 1 is 1.13 bits per heavy atom. The number of nitrogens with zero attached hydrogens (tertiary/aromatic N) is 1. The average molecular weight is 211 g/mol. The van der Waals surface area contributed by atoms with E-state index in [4.69, 9.17) is 4.74 Å². The predicted molar refractivity (Wildman–Crippen MR) is 58.5 cm³/mol. The Balaban J connectivity index is 1.90. The van der Waals surface area contributed by atoms with Crippen molar-refractivity contribution in [2.75, 3.05) is 26.3 Å². The second kappa shape index (κ2) is 4.52. The zero-order valence-corrected chi connectivity index (χ0v) is 9.74. The number of carbonyl (C=O) groups excluding carboxylic acids is 1. The van der Waals surface area contributed by atoms with Gasteiger partial charge in [-0.05, 0) is 24.7 Å². The van der Waals surface area contributed by atoms with E-state index in [0.717, 1.165) is 25.9 Å². The lowest BCUT2D eigenvalue weighted by molar-refractivity contribution is -0.139. The monoisotopic (exact) mass is 211 g/mol. The van der Waals surface area contributed by atoms with Gasteiger partial charge in [-0.3, -0.25) is 4.79 Å². The number of morpholine rings is 1. The van der Waals surface area contributed by atoms with Crippen LogP contribution in [0.2, 0.25) is 0 Å². The Bertz CT molecular complexity index is 226. The maximum Gasteiger partial charge on any atom is 0.225 e. The third-order valence-electron chi connectivity index (χ3n) is 3.96. The van der Waals surface area contributed by atoms with Gasteiger partial charge in [0.2, 0.25) is 5.91 Å². The molecular formula is C12H21NO2. The molecule has 1 heterocycles. The van der Waals surface area contributed by atoms with Gasteiger partial charge >= 0.3 is 0 Å². The molecule has 2 aliphatic rings. The van der Waals surface area contributed by atoms with Gasteiger partial charge in [0.25, 0.3) is 0 Å². The Kier molecular flexibility index (Phi) is 3.29. The lowest BCUT2D eigenvalue weighted by Crippen LogP contribution is -2.43. The van der Waals surface area contributed by atoms with Crippen LogP contribution in [0.5, 0.6) is 0 Å². The standard InChI is InChI=1S/C12H21NO2/c1-9-7-11(8-10(9)2)12(14)13-3-5-15-6-4-13/h9-11H,3-8H2,1-2H3. The quantitative estimate of drug-likeness (QED) is 0.658. The Morgan fingerprint density at radius 2 is 1.67 bits per heavy atom. The maximum absolute atomic E-state index is 12.2. The summed E-state index contributed by atoms with van der Waals surface area (Å²) in [5.41, 5.74) is 0. The van der Waals surface area contributed by atoms with Crippen molar-refractivity contribution < 1.29 is 9.53 Å². The molecule has 3 heteroatoms. The van der Waals surface area contributed by atoms with Gasteiger partial charge in [-0.2, -0.15) is 0 Å². The Hall–Kier alpha value is -0.570. The van der Waals surface area contributed by atoms with Crippen LogP contribution in [0.1, 0.15) is 26.7 Å². The number of ether oxygens (including phenoxy) is 1. The molecule has 0 aromatic heterocycles. The molecule has 3 nitrogen and oxygen atoms in total. The van der Waals surface area contributed by atoms with Gasteiger partial charge in [-0.1, -0.05) is 13.8 Å². The molecular weight excluding hydrogens is 190 g/mol. The molecule has 0 aromatic rings. The van der Waals surface area contributed by atoms with Gasteiger partial charge in [0.15, 0.2) is 0 Å². The van der Waals surface area contributed by atoms with Crippen LogP contribution in [0.4, 0.5) is 0 Å². The van der Waals surface area contributed by atoms with Gasteiger partial charge in [-0.25, -0.2) is 0 Å². The third-order valence-corrected chi connectivity index (χ3v) is 3.96. The molecule has 0 aromatic carbocycles. The zero-order chi connectivity index (χ0) is 10.8. The molecule has 1 saturated carbocycles. The summed E-state index contributed by atoms with van der Waals surface area (Å²) in [6.45, 7) is 7.53. The van der Waals surface area contributed by atoms with Crippen LogP contribution in [0.15, 0.2) is 0 Å². The maximum atomic E-state index is 12.2. The molecule has 2 unspecified atom stereocenters. The first-order valence-electron chi connectivity index (χ1n) is 6.05. The SMILES string of the molecule is CC1CC(C(=O)N2CCOCC2)CC1C. The molecule has 0 bridgehead atoms. The number of rotatable bonds is 1. The molecule has 1 aliphatic heterocycles. The minimum Gasteiger partial charge on any atom is -0.378 e. The van der Waals surface area contributed by atoms with Crippen molar-refractivity contribution in [3.8, 4) is 0 Å². The summed E-state index contributed by atoms with van der Waals surface area (Å²) >= 11 is 0. The molecule has 2 atom stereocenters. The van der Waals surface area contributed by atoms with E-state index in [0.29, 0.717) is 31.0 Å². The lowest BCUT2D eigenvalue weighted by atomic mass is 10.0. The highest BCUT2D eigenvalue weighted by molar-refractivity contribution is 5.79. The van der Waals surface area contributed by atoms with E-state index < -0.39 is 0 Å². The Labute approximate surface area is 91.8 Å². The Morgan fingerprint density at radius 3 is 2.20 bits per heavy atom. The molecule has 1 saturated heterocycles. The van der Waals surface area contributed by atoms with Crippen LogP contribution >= 0.6 is 0 Å². The lowest BCUT2D eigenvalue weighted by Gasteiger charge is -2.29. The van der Waals surface area contributed by atoms with E-state index in [2.05, 4.69) is 13.8 Å². The zero-order valence-electron chi connectivity index (χ0n) is 9.74. The molecule has 0 N–H and O–H groups in total. The molecule has 0 radical (unpaired) electrons. The highest BCUT2D eigenvalue weighted by Gasteiger charge is 2.35. The van der Waals surface area contributed by atoms with Crippen molar-refractivity contribution in [3.63, 3.8) is 0 Å². The van der Waals surface area contributed by atoms with E-state index >= 15 is 0 Å². The summed E-state index contributed by atoms with van der Waals surface area (Å²) in [7, 11) is 0. The van der Waals surface area contributed by atoms with E-state index in [9.17, 15) is 4.79 Å². The summed E-state index contributed by atoms with van der Waals surface area (Å²) in [4.78, 5) is 14.1. The first-order valence-corrected chi connectivity index (χ1v) is 6.05. The van der Waals surface area contributed by atoms with Crippen LogP contribution in [0.3, 0.4) is 0 Å². The fourth-order valence-corrected chi connectivity index (χ4v) is 2.70. The van der Waals surface area contributed by atoms with Crippen molar-refractivity contribution in [2.24, 2.45) is 17.8 Å². The third kappa shape index (κ3) is 2.33. The largest absolute Gasteiger partial charge is 0.378 e. The number of hydrogen-bond acceptors (Lipinski definition) is 2. The van der Waals surface area contributed by atoms with Crippen LogP contribution in [0, 0.1) is 17.8 Å². The summed E-state index contributed by atoms with van der Waals surface area (Å²) in [6.07, 6.45) is 2.16.